The molecule has 114 valence electrons. The summed E-state index contributed by atoms with van der Waals surface area (Å²) in [6.45, 7) is 2.85. The molecule has 21 heavy (non-hydrogen) atoms. The molecule has 2 aromatic rings. The fourth-order valence-corrected chi connectivity index (χ4v) is 3.53. The molecule has 0 aliphatic heterocycles. The maximum Gasteiger partial charge on any atom is 0.263 e. The van der Waals surface area contributed by atoms with Gasteiger partial charge in [0.25, 0.3) is 5.91 Å². The average molecular weight is 306 g/mol. The van der Waals surface area contributed by atoms with Crippen LogP contribution >= 0.6 is 11.3 Å². The largest absolute Gasteiger partial charge is 0.397 e. The van der Waals surface area contributed by atoms with Gasteiger partial charge in [0.2, 0.25) is 0 Å². The molecule has 0 saturated heterocycles. The van der Waals surface area contributed by atoms with Crippen LogP contribution in [0.1, 0.15) is 35.9 Å². The summed E-state index contributed by atoms with van der Waals surface area (Å²) >= 11 is 1.42. The number of nitrogen functional groups attached to an aromatic ring is 1. The minimum atomic E-state index is -0.118. The van der Waals surface area contributed by atoms with Crippen molar-refractivity contribution >= 4 is 33.0 Å². The zero-order valence-electron chi connectivity index (χ0n) is 12.3. The highest BCUT2D eigenvalue weighted by atomic mass is 32.1. The number of hydrogen-bond donors (Lipinski definition) is 3. The third-order valence-electron chi connectivity index (χ3n) is 3.63. The third-order valence-corrected chi connectivity index (χ3v) is 4.81. The maximum absolute atomic E-state index is 12.3. The number of amides is 1. The monoisotopic (exact) mass is 306 g/mol. The normalized spacial score (nSPS) is 12.5. The summed E-state index contributed by atoms with van der Waals surface area (Å²) in [5.41, 5.74) is 6.63. The summed E-state index contributed by atoms with van der Waals surface area (Å²) in [7, 11) is 0. The van der Waals surface area contributed by atoms with Gasteiger partial charge in [-0.2, -0.15) is 0 Å². The number of anilines is 1. The third kappa shape index (κ3) is 3.74. The molecule has 1 amide bonds. The van der Waals surface area contributed by atoms with Gasteiger partial charge in [-0.25, -0.2) is 0 Å². The first kappa shape index (κ1) is 15.8. The fourth-order valence-electron chi connectivity index (χ4n) is 2.49. The van der Waals surface area contributed by atoms with E-state index in [1.54, 1.807) is 0 Å². The molecule has 1 aromatic heterocycles. The Labute approximate surface area is 129 Å². The van der Waals surface area contributed by atoms with Gasteiger partial charge in [-0.3, -0.25) is 4.79 Å². The molecule has 0 aliphatic carbocycles. The molecular formula is C16H22N2O2S. The average Bonchev–Trinajstić information content (AvgIpc) is 2.83. The standard InChI is InChI=1S/C16H22N2O2S/c1-2-5-11(8-9-19)10-18-16(20)15-14(17)12-6-3-4-7-13(12)21-15/h3-4,6-7,11,19H,2,5,8-10,17H2,1H3,(H,18,20). The molecule has 4 nitrogen and oxygen atoms in total. The second-order valence-electron chi connectivity index (χ2n) is 5.22. The van der Waals surface area contributed by atoms with Crippen molar-refractivity contribution in [1.29, 1.82) is 0 Å². The first-order valence-electron chi connectivity index (χ1n) is 7.33. The van der Waals surface area contributed by atoms with Crippen molar-refractivity contribution in [2.24, 2.45) is 5.92 Å². The molecule has 0 fully saturated rings. The topological polar surface area (TPSA) is 75.3 Å². The van der Waals surface area contributed by atoms with Gasteiger partial charge in [-0.15, -0.1) is 11.3 Å². The van der Waals surface area contributed by atoms with E-state index in [9.17, 15) is 4.79 Å². The van der Waals surface area contributed by atoms with Crippen LogP contribution < -0.4 is 11.1 Å². The van der Waals surface area contributed by atoms with E-state index >= 15 is 0 Å². The second-order valence-corrected chi connectivity index (χ2v) is 6.27. The second kappa shape index (κ2) is 7.43. The van der Waals surface area contributed by atoms with Crippen molar-refractivity contribution in [1.82, 2.24) is 5.32 Å². The molecule has 0 radical (unpaired) electrons. The number of hydrogen-bond acceptors (Lipinski definition) is 4. The van der Waals surface area contributed by atoms with Crippen LogP contribution in [0, 0.1) is 5.92 Å². The van der Waals surface area contributed by atoms with Gasteiger partial charge in [0.1, 0.15) is 4.88 Å². The highest BCUT2D eigenvalue weighted by Crippen LogP contribution is 2.33. The predicted octanol–water partition coefficient (Wildman–Crippen LogP) is 3.01. The number of fused-ring (bicyclic) bond motifs is 1. The number of aliphatic hydroxyl groups excluding tert-OH is 1. The summed E-state index contributed by atoms with van der Waals surface area (Å²) in [4.78, 5) is 12.9. The van der Waals surface area contributed by atoms with Crippen LogP contribution in [0.5, 0.6) is 0 Å². The van der Waals surface area contributed by atoms with E-state index in [1.165, 1.54) is 11.3 Å². The Morgan fingerprint density at radius 2 is 2.14 bits per heavy atom. The molecule has 2 rings (SSSR count). The minimum absolute atomic E-state index is 0.118. The number of carbonyl (C=O) groups excluding carboxylic acids is 1. The van der Waals surface area contributed by atoms with Gasteiger partial charge < -0.3 is 16.2 Å². The number of nitrogens with two attached hydrogens (primary N) is 1. The molecule has 1 heterocycles. The number of thiophene rings is 1. The minimum Gasteiger partial charge on any atom is -0.397 e. The lowest BCUT2D eigenvalue weighted by Gasteiger charge is -2.15. The van der Waals surface area contributed by atoms with Crippen molar-refractivity contribution < 1.29 is 9.90 Å². The molecular weight excluding hydrogens is 284 g/mol. The van der Waals surface area contributed by atoms with E-state index in [4.69, 9.17) is 10.8 Å². The quantitative estimate of drug-likeness (QED) is 0.736. The lowest BCUT2D eigenvalue weighted by atomic mass is 10.0. The van der Waals surface area contributed by atoms with Gasteiger partial charge >= 0.3 is 0 Å². The van der Waals surface area contributed by atoms with E-state index in [-0.39, 0.29) is 12.5 Å². The Kier molecular flexibility index (Phi) is 5.59. The maximum atomic E-state index is 12.3. The summed E-state index contributed by atoms with van der Waals surface area (Å²) < 4.78 is 1.03. The van der Waals surface area contributed by atoms with Crippen LogP contribution in [0.3, 0.4) is 0 Å². The zero-order valence-corrected chi connectivity index (χ0v) is 13.1. The van der Waals surface area contributed by atoms with Gasteiger partial charge in [-0.05, 0) is 24.8 Å². The Morgan fingerprint density at radius 3 is 2.81 bits per heavy atom. The lowest BCUT2D eigenvalue weighted by molar-refractivity contribution is 0.0948. The van der Waals surface area contributed by atoms with Crippen LogP contribution in [0.2, 0.25) is 0 Å². The summed E-state index contributed by atoms with van der Waals surface area (Å²) in [6, 6.07) is 7.77. The van der Waals surface area contributed by atoms with Crippen molar-refractivity contribution in [3.8, 4) is 0 Å². The highest BCUT2D eigenvalue weighted by Gasteiger charge is 2.17. The molecule has 5 heteroatoms. The predicted molar refractivity (Wildman–Crippen MR) is 88.7 cm³/mol. The Bertz CT molecular complexity index is 603. The smallest absolute Gasteiger partial charge is 0.263 e. The van der Waals surface area contributed by atoms with Crippen molar-refractivity contribution in [3.63, 3.8) is 0 Å². The molecule has 0 saturated carbocycles. The first-order valence-corrected chi connectivity index (χ1v) is 8.15. The van der Waals surface area contributed by atoms with Crippen molar-refractivity contribution in [2.45, 2.75) is 26.2 Å². The Morgan fingerprint density at radius 1 is 1.38 bits per heavy atom. The molecule has 1 unspecified atom stereocenters. The number of carbonyl (C=O) groups is 1. The Balaban J connectivity index is 2.06. The SMILES string of the molecule is CCCC(CCO)CNC(=O)c1sc2ccccc2c1N. The van der Waals surface area contributed by atoms with Crippen molar-refractivity contribution in [2.75, 3.05) is 18.9 Å². The van der Waals surface area contributed by atoms with Gasteiger partial charge in [0.15, 0.2) is 0 Å². The number of aliphatic hydroxyl groups is 1. The van der Waals surface area contributed by atoms with E-state index in [0.717, 1.165) is 29.3 Å². The Hall–Kier alpha value is -1.59. The lowest BCUT2D eigenvalue weighted by Crippen LogP contribution is -2.29. The van der Waals surface area contributed by atoms with Crippen LogP contribution in [0.15, 0.2) is 24.3 Å². The molecule has 1 atom stereocenters. The molecule has 0 aliphatic rings. The zero-order chi connectivity index (χ0) is 15.2. The number of nitrogens with one attached hydrogen (secondary N) is 1. The van der Waals surface area contributed by atoms with Gasteiger partial charge in [0, 0.05) is 23.2 Å². The van der Waals surface area contributed by atoms with Crippen molar-refractivity contribution in [3.05, 3.63) is 29.1 Å². The fraction of sp³-hybridized carbons (Fsp3) is 0.438. The molecule has 4 N–H and O–H groups in total. The molecule has 1 aromatic carbocycles. The van der Waals surface area contributed by atoms with E-state index in [0.29, 0.717) is 23.0 Å². The van der Waals surface area contributed by atoms with Crippen LogP contribution in [0.4, 0.5) is 5.69 Å². The van der Waals surface area contributed by atoms with E-state index < -0.39 is 0 Å². The van der Waals surface area contributed by atoms with Crippen LogP contribution in [-0.4, -0.2) is 24.2 Å². The number of benzene rings is 1. The summed E-state index contributed by atoms with van der Waals surface area (Å²) in [6.07, 6.45) is 2.77. The van der Waals surface area contributed by atoms with Gasteiger partial charge in [0.05, 0.1) is 5.69 Å². The highest BCUT2D eigenvalue weighted by molar-refractivity contribution is 7.21. The van der Waals surface area contributed by atoms with Crippen LogP contribution in [-0.2, 0) is 0 Å². The van der Waals surface area contributed by atoms with E-state index in [1.807, 2.05) is 24.3 Å². The summed E-state index contributed by atoms with van der Waals surface area (Å²) in [5.74, 6) is 0.201. The van der Waals surface area contributed by atoms with E-state index in [2.05, 4.69) is 12.2 Å². The number of rotatable bonds is 7. The van der Waals surface area contributed by atoms with Gasteiger partial charge in [-0.1, -0.05) is 31.5 Å². The molecule has 0 spiro atoms. The van der Waals surface area contributed by atoms with Crippen LogP contribution in [0.25, 0.3) is 10.1 Å². The molecule has 0 bridgehead atoms. The first-order chi connectivity index (χ1) is 10.2. The summed E-state index contributed by atoms with van der Waals surface area (Å²) in [5, 5.41) is 12.9.